The summed E-state index contributed by atoms with van der Waals surface area (Å²) in [5, 5.41) is 10.3. The van der Waals surface area contributed by atoms with E-state index >= 15 is 0 Å². The molecule has 3 nitrogen and oxygen atoms in total. The largest absolute Gasteiger partial charge is 0.383 e. The Morgan fingerprint density at radius 1 is 1.47 bits per heavy atom. The van der Waals surface area contributed by atoms with Gasteiger partial charge in [-0.3, -0.25) is 0 Å². The summed E-state index contributed by atoms with van der Waals surface area (Å²) in [4.78, 5) is 4.12. The van der Waals surface area contributed by atoms with Gasteiger partial charge in [0.1, 0.15) is 17.5 Å². The van der Waals surface area contributed by atoms with Crippen molar-refractivity contribution in [2.24, 2.45) is 0 Å². The molecule has 0 saturated carbocycles. The summed E-state index contributed by atoms with van der Waals surface area (Å²) in [6, 6.07) is 7.24. The fraction of sp³-hybridized carbons (Fsp3) is 0. The van der Waals surface area contributed by atoms with Crippen molar-refractivity contribution in [3.05, 3.63) is 33.3 Å². The van der Waals surface area contributed by atoms with Crippen LogP contribution in [0, 0.1) is 11.3 Å². The highest BCUT2D eigenvalue weighted by Gasteiger charge is 2.10. The highest BCUT2D eigenvalue weighted by Crippen LogP contribution is 2.30. The zero-order chi connectivity index (χ0) is 11.0. The number of nitrogens with two attached hydrogens (primary N) is 1. The van der Waals surface area contributed by atoms with E-state index in [1.807, 2.05) is 6.07 Å². The van der Waals surface area contributed by atoms with Gasteiger partial charge in [0, 0.05) is 14.9 Å². The van der Waals surface area contributed by atoms with Crippen molar-refractivity contribution in [2.75, 3.05) is 5.73 Å². The first-order valence-corrected chi connectivity index (χ1v) is 5.25. The molecular formula is C10H5BrClN3. The van der Waals surface area contributed by atoms with Gasteiger partial charge < -0.3 is 5.73 Å². The van der Waals surface area contributed by atoms with Crippen LogP contribution >= 0.6 is 27.5 Å². The third-order valence-electron chi connectivity index (χ3n) is 2.02. The lowest BCUT2D eigenvalue weighted by Crippen LogP contribution is -1.96. The van der Waals surface area contributed by atoms with Crippen molar-refractivity contribution in [1.29, 1.82) is 5.26 Å². The second kappa shape index (κ2) is 3.69. The lowest BCUT2D eigenvalue weighted by Gasteiger charge is -2.05. The van der Waals surface area contributed by atoms with Crippen LogP contribution in [0.15, 0.2) is 22.7 Å². The van der Waals surface area contributed by atoms with Crippen LogP contribution in [-0.2, 0) is 0 Å². The van der Waals surface area contributed by atoms with Gasteiger partial charge >= 0.3 is 0 Å². The van der Waals surface area contributed by atoms with Crippen LogP contribution in [0.25, 0.3) is 10.9 Å². The van der Waals surface area contributed by atoms with Crippen LogP contribution in [0.3, 0.4) is 0 Å². The number of halogens is 2. The van der Waals surface area contributed by atoms with Gasteiger partial charge in [0.2, 0.25) is 0 Å². The van der Waals surface area contributed by atoms with E-state index in [-0.39, 0.29) is 5.82 Å². The molecule has 1 aromatic heterocycles. The average Bonchev–Trinajstić information content (AvgIpc) is 2.20. The van der Waals surface area contributed by atoms with Gasteiger partial charge in [0.25, 0.3) is 0 Å². The summed E-state index contributed by atoms with van der Waals surface area (Å²) in [5.74, 6) is 0.221. The molecule has 0 bridgehead atoms. The van der Waals surface area contributed by atoms with Crippen LogP contribution in [0.5, 0.6) is 0 Å². The third-order valence-corrected chi connectivity index (χ3v) is 3.08. The summed E-state index contributed by atoms with van der Waals surface area (Å²) < 4.78 is 0.634. The van der Waals surface area contributed by atoms with E-state index in [1.165, 1.54) is 0 Å². The number of hydrogen-bond acceptors (Lipinski definition) is 3. The van der Waals surface area contributed by atoms with E-state index < -0.39 is 0 Å². The van der Waals surface area contributed by atoms with Gasteiger partial charge in [0.15, 0.2) is 0 Å². The molecule has 1 aromatic carbocycles. The molecule has 0 radical (unpaired) electrons. The van der Waals surface area contributed by atoms with Crippen LogP contribution in [0.1, 0.15) is 5.56 Å². The highest BCUT2D eigenvalue weighted by molar-refractivity contribution is 9.10. The summed E-state index contributed by atoms with van der Waals surface area (Å²) in [5.41, 5.74) is 6.69. The number of nitrogens with zero attached hydrogens (tertiary/aromatic N) is 2. The fourth-order valence-electron chi connectivity index (χ4n) is 1.32. The molecular weight excluding hydrogens is 277 g/mol. The Bertz CT molecular complexity index is 589. The second-order valence-electron chi connectivity index (χ2n) is 2.96. The smallest absolute Gasteiger partial charge is 0.143 e. The van der Waals surface area contributed by atoms with Gasteiger partial charge in [-0.05, 0) is 34.1 Å². The minimum absolute atomic E-state index is 0.221. The lowest BCUT2D eigenvalue weighted by molar-refractivity contribution is 1.36. The van der Waals surface area contributed by atoms with Crippen molar-refractivity contribution >= 4 is 44.3 Å². The van der Waals surface area contributed by atoms with Gasteiger partial charge in [-0.1, -0.05) is 11.6 Å². The predicted molar refractivity (Wildman–Crippen MR) is 63.6 cm³/mol. The Balaban J connectivity index is 2.94. The van der Waals surface area contributed by atoms with Crippen molar-refractivity contribution in [2.45, 2.75) is 0 Å². The monoisotopic (exact) mass is 281 g/mol. The number of benzene rings is 1. The number of nitrogen functional groups attached to an aromatic ring is 1. The van der Waals surface area contributed by atoms with Crippen LogP contribution < -0.4 is 5.73 Å². The van der Waals surface area contributed by atoms with Crippen LogP contribution in [0.2, 0.25) is 5.02 Å². The summed E-state index contributed by atoms with van der Waals surface area (Å²) >= 11 is 9.19. The van der Waals surface area contributed by atoms with Gasteiger partial charge in [0.05, 0.1) is 5.52 Å². The first-order valence-electron chi connectivity index (χ1n) is 4.08. The summed E-state index contributed by atoms with van der Waals surface area (Å²) in [7, 11) is 0. The maximum atomic E-state index is 8.90. The summed E-state index contributed by atoms with van der Waals surface area (Å²) in [6.45, 7) is 0. The number of rotatable bonds is 0. The molecule has 0 aliphatic rings. The van der Waals surface area contributed by atoms with E-state index in [2.05, 4.69) is 20.9 Å². The predicted octanol–water partition coefficient (Wildman–Crippen LogP) is 3.10. The molecule has 0 spiro atoms. The molecule has 74 valence electrons. The molecule has 0 fully saturated rings. The number of pyridine rings is 1. The SMILES string of the molecule is N#Cc1c(N)nc2ccc(Cl)cc2c1Br. The molecule has 0 aliphatic heterocycles. The van der Waals surface area contributed by atoms with Crippen LogP contribution in [-0.4, -0.2) is 4.98 Å². The number of nitriles is 1. The number of anilines is 1. The van der Waals surface area contributed by atoms with Gasteiger partial charge in [-0.2, -0.15) is 5.26 Å². The van der Waals surface area contributed by atoms with E-state index in [9.17, 15) is 0 Å². The Morgan fingerprint density at radius 2 is 2.20 bits per heavy atom. The van der Waals surface area contributed by atoms with E-state index in [1.54, 1.807) is 18.2 Å². The normalized spacial score (nSPS) is 10.2. The van der Waals surface area contributed by atoms with Crippen molar-refractivity contribution in [3.63, 3.8) is 0 Å². The topological polar surface area (TPSA) is 62.7 Å². The van der Waals surface area contributed by atoms with E-state index in [0.717, 1.165) is 5.39 Å². The quantitative estimate of drug-likeness (QED) is 0.807. The molecule has 0 atom stereocenters. The van der Waals surface area contributed by atoms with Gasteiger partial charge in [-0.25, -0.2) is 4.98 Å². The maximum absolute atomic E-state index is 8.90. The van der Waals surface area contributed by atoms with E-state index in [0.29, 0.717) is 20.6 Å². The molecule has 0 unspecified atom stereocenters. The first-order chi connectivity index (χ1) is 7.13. The summed E-state index contributed by atoms with van der Waals surface area (Å²) in [6.07, 6.45) is 0. The molecule has 2 rings (SSSR count). The average molecular weight is 283 g/mol. The molecule has 5 heteroatoms. The minimum atomic E-state index is 0.221. The molecule has 2 N–H and O–H groups in total. The fourth-order valence-corrected chi connectivity index (χ4v) is 2.10. The molecule has 15 heavy (non-hydrogen) atoms. The van der Waals surface area contributed by atoms with Gasteiger partial charge in [-0.15, -0.1) is 0 Å². The van der Waals surface area contributed by atoms with Crippen molar-refractivity contribution in [3.8, 4) is 6.07 Å². The Hall–Kier alpha value is -1.31. The first kappa shape index (κ1) is 10.2. The molecule has 0 saturated heterocycles. The lowest BCUT2D eigenvalue weighted by atomic mass is 10.1. The Kier molecular flexibility index (Phi) is 2.51. The minimum Gasteiger partial charge on any atom is -0.383 e. The number of aromatic nitrogens is 1. The standard InChI is InChI=1S/C10H5BrClN3/c11-9-6-3-5(12)1-2-8(6)15-10(14)7(9)4-13/h1-3H,(H2,14,15). The maximum Gasteiger partial charge on any atom is 0.143 e. The third kappa shape index (κ3) is 1.65. The zero-order valence-corrected chi connectivity index (χ0v) is 9.80. The molecule has 1 heterocycles. The van der Waals surface area contributed by atoms with Crippen molar-refractivity contribution in [1.82, 2.24) is 4.98 Å². The Morgan fingerprint density at radius 3 is 2.87 bits per heavy atom. The van der Waals surface area contributed by atoms with Crippen molar-refractivity contribution < 1.29 is 0 Å². The number of fused-ring (bicyclic) bond motifs is 1. The number of hydrogen-bond donors (Lipinski definition) is 1. The molecule has 0 amide bonds. The Labute approximate surface area is 99.6 Å². The zero-order valence-electron chi connectivity index (χ0n) is 7.46. The molecule has 0 aliphatic carbocycles. The van der Waals surface area contributed by atoms with Crippen LogP contribution in [0.4, 0.5) is 5.82 Å². The second-order valence-corrected chi connectivity index (χ2v) is 4.19. The highest BCUT2D eigenvalue weighted by atomic mass is 79.9. The molecule has 2 aromatic rings. The van der Waals surface area contributed by atoms with E-state index in [4.69, 9.17) is 22.6 Å².